The molecule has 2 aromatic carbocycles. The zero-order valence-corrected chi connectivity index (χ0v) is 13.8. The van der Waals surface area contributed by atoms with Gasteiger partial charge in [0.1, 0.15) is 0 Å². The van der Waals surface area contributed by atoms with Crippen LogP contribution in [0.4, 0.5) is 16.5 Å². The summed E-state index contributed by atoms with van der Waals surface area (Å²) < 4.78 is 0. The molecule has 1 heterocycles. The number of hydrogen-bond donors (Lipinski definition) is 2. The number of nitrogens with one attached hydrogen (secondary N) is 2. The van der Waals surface area contributed by atoms with Gasteiger partial charge in [0.05, 0.1) is 10.5 Å². The van der Waals surface area contributed by atoms with Gasteiger partial charge < -0.3 is 5.32 Å². The predicted molar refractivity (Wildman–Crippen MR) is 96.9 cm³/mol. The number of non-ortho nitro benzene ring substituents is 1. The number of aromatic nitrogens is 1. The highest BCUT2D eigenvalue weighted by Gasteiger charge is 2.17. The summed E-state index contributed by atoms with van der Waals surface area (Å²) in [6.07, 6.45) is 1.57. The summed E-state index contributed by atoms with van der Waals surface area (Å²) in [4.78, 5) is 27.0. The van der Waals surface area contributed by atoms with Crippen molar-refractivity contribution in [3.8, 4) is 0 Å². The molecule has 126 valence electrons. The van der Waals surface area contributed by atoms with Crippen molar-refractivity contribution in [3.63, 3.8) is 0 Å². The predicted octanol–water partition coefficient (Wildman–Crippen LogP) is 3.92. The van der Waals surface area contributed by atoms with Gasteiger partial charge in [-0.15, -0.1) is 11.3 Å². The Morgan fingerprint density at radius 2 is 2.00 bits per heavy atom. The molecule has 3 aromatic rings. The Bertz CT molecular complexity index is 882. The number of amides is 1. The summed E-state index contributed by atoms with van der Waals surface area (Å²) in [5, 5.41) is 19.0. The van der Waals surface area contributed by atoms with E-state index in [1.165, 1.54) is 29.5 Å². The van der Waals surface area contributed by atoms with Crippen molar-refractivity contribution < 1.29 is 9.72 Å². The molecule has 7 nitrogen and oxygen atoms in total. The molecular weight excluding hydrogens is 340 g/mol. The maximum absolute atomic E-state index is 12.5. The first-order chi connectivity index (χ1) is 12.1. The smallest absolute Gasteiger partial charge is 0.270 e. The minimum absolute atomic E-state index is 0.144. The van der Waals surface area contributed by atoms with Crippen molar-refractivity contribution in [2.75, 3.05) is 10.6 Å². The number of anilines is 2. The molecule has 0 unspecified atom stereocenters. The average Bonchev–Trinajstić information content (AvgIpc) is 3.13. The molecule has 1 aromatic heterocycles. The van der Waals surface area contributed by atoms with Crippen LogP contribution >= 0.6 is 11.3 Å². The van der Waals surface area contributed by atoms with Crippen molar-refractivity contribution in [1.82, 2.24) is 4.98 Å². The molecule has 0 aliphatic carbocycles. The van der Waals surface area contributed by atoms with E-state index in [1.54, 1.807) is 11.6 Å². The zero-order valence-electron chi connectivity index (χ0n) is 13.0. The lowest BCUT2D eigenvalue weighted by Crippen LogP contribution is -2.15. The summed E-state index contributed by atoms with van der Waals surface area (Å²) in [5.74, 6) is -0.450. The van der Waals surface area contributed by atoms with Crippen molar-refractivity contribution in [2.45, 2.75) is 6.54 Å². The van der Waals surface area contributed by atoms with Crippen LogP contribution in [-0.4, -0.2) is 15.8 Å². The normalized spacial score (nSPS) is 10.2. The van der Waals surface area contributed by atoms with E-state index in [1.807, 2.05) is 30.3 Å². The van der Waals surface area contributed by atoms with Gasteiger partial charge in [0, 0.05) is 35.9 Å². The van der Waals surface area contributed by atoms with Crippen LogP contribution < -0.4 is 10.6 Å². The van der Waals surface area contributed by atoms with Crippen LogP contribution in [-0.2, 0) is 6.54 Å². The fraction of sp³-hybridized carbons (Fsp3) is 0.0588. The van der Waals surface area contributed by atoms with E-state index >= 15 is 0 Å². The van der Waals surface area contributed by atoms with Gasteiger partial charge >= 0.3 is 0 Å². The van der Waals surface area contributed by atoms with E-state index in [0.717, 1.165) is 5.56 Å². The Morgan fingerprint density at radius 1 is 1.20 bits per heavy atom. The lowest BCUT2D eigenvalue weighted by atomic mass is 10.1. The van der Waals surface area contributed by atoms with Gasteiger partial charge in [-0.2, -0.15) is 0 Å². The lowest BCUT2D eigenvalue weighted by Gasteiger charge is -2.11. The molecule has 0 radical (unpaired) electrons. The number of carbonyl (C=O) groups is 1. The minimum Gasteiger partial charge on any atom is -0.380 e. The monoisotopic (exact) mass is 354 g/mol. The van der Waals surface area contributed by atoms with Crippen molar-refractivity contribution in [2.24, 2.45) is 0 Å². The van der Waals surface area contributed by atoms with E-state index in [4.69, 9.17) is 0 Å². The summed E-state index contributed by atoms with van der Waals surface area (Å²) in [7, 11) is 0. The van der Waals surface area contributed by atoms with Crippen LogP contribution in [0.1, 0.15) is 15.9 Å². The lowest BCUT2D eigenvalue weighted by molar-refractivity contribution is -0.384. The van der Waals surface area contributed by atoms with Gasteiger partial charge in [0.2, 0.25) is 0 Å². The number of carbonyl (C=O) groups excluding carboxylic acids is 1. The van der Waals surface area contributed by atoms with Crippen molar-refractivity contribution in [1.29, 1.82) is 0 Å². The van der Waals surface area contributed by atoms with Gasteiger partial charge in [0.15, 0.2) is 5.13 Å². The molecule has 0 saturated heterocycles. The van der Waals surface area contributed by atoms with Crippen LogP contribution in [0.25, 0.3) is 0 Å². The summed E-state index contributed by atoms with van der Waals surface area (Å²) in [5.41, 5.74) is 1.60. The number of rotatable bonds is 6. The van der Waals surface area contributed by atoms with E-state index in [0.29, 0.717) is 17.4 Å². The van der Waals surface area contributed by atoms with Crippen molar-refractivity contribution >= 4 is 33.8 Å². The maximum Gasteiger partial charge on any atom is 0.270 e. The molecule has 0 aliphatic rings. The Hall–Kier alpha value is -3.26. The highest BCUT2D eigenvalue weighted by molar-refractivity contribution is 7.13. The molecule has 3 rings (SSSR count). The van der Waals surface area contributed by atoms with Gasteiger partial charge in [-0.25, -0.2) is 4.98 Å². The Morgan fingerprint density at radius 3 is 2.68 bits per heavy atom. The molecule has 0 bridgehead atoms. The van der Waals surface area contributed by atoms with Gasteiger partial charge in [-0.05, 0) is 11.6 Å². The number of nitro groups is 1. The number of nitro benzene ring substituents is 1. The summed E-state index contributed by atoms with van der Waals surface area (Å²) in [6.45, 7) is 0.496. The Kier molecular flexibility index (Phi) is 5.00. The van der Waals surface area contributed by atoms with Crippen LogP contribution in [0, 0.1) is 10.1 Å². The van der Waals surface area contributed by atoms with Crippen LogP contribution in [0.3, 0.4) is 0 Å². The van der Waals surface area contributed by atoms with Crippen molar-refractivity contribution in [3.05, 3.63) is 81.3 Å². The third kappa shape index (κ3) is 4.18. The fourth-order valence-electron chi connectivity index (χ4n) is 2.23. The topological polar surface area (TPSA) is 97.2 Å². The second-order valence-electron chi connectivity index (χ2n) is 5.12. The van der Waals surface area contributed by atoms with Crippen LogP contribution in [0.5, 0.6) is 0 Å². The molecule has 0 saturated carbocycles. The van der Waals surface area contributed by atoms with Crippen LogP contribution in [0.2, 0.25) is 0 Å². The second-order valence-corrected chi connectivity index (χ2v) is 6.01. The molecular formula is C17H14N4O3S. The van der Waals surface area contributed by atoms with Gasteiger partial charge in [0.25, 0.3) is 11.6 Å². The molecule has 0 spiro atoms. The van der Waals surface area contributed by atoms with Gasteiger partial charge in [-0.3, -0.25) is 20.2 Å². The number of thiazole rings is 1. The zero-order chi connectivity index (χ0) is 17.6. The third-order valence-electron chi connectivity index (χ3n) is 3.44. The molecule has 0 aliphatic heterocycles. The Balaban J connectivity index is 1.85. The van der Waals surface area contributed by atoms with E-state index < -0.39 is 10.8 Å². The van der Waals surface area contributed by atoms with E-state index in [9.17, 15) is 14.9 Å². The number of benzene rings is 2. The number of hydrogen-bond acceptors (Lipinski definition) is 6. The first kappa shape index (κ1) is 16.6. The first-order valence-electron chi connectivity index (χ1n) is 7.40. The largest absolute Gasteiger partial charge is 0.380 e. The molecule has 0 atom stereocenters. The molecule has 2 N–H and O–H groups in total. The quantitative estimate of drug-likeness (QED) is 0.516. The SMILES string of the molecule is O=C(Nc1nccs1)c1cc([N+](=O)[O-])ccc1NCc1ccccc1. The number of nitrogens with zero attached hydrogens (tertiary/aromatic N) is 2. The van der Waals surface area contributed by atoms with Crippen LogP contribution in [0.15, 0.2) is 60.1 Å². The average molecular weight is 354 g/mol. The summed E-state index contributed by atoms with van der Waals surface area (Å²) in [6, 6.07) is 13.8. The first-order valence-corrected chi connectivity index (χ1v) is 8.28. The molecule has 0 fully saturated rings. The summed E-state index contributed by atoms with van der Waals surface area (Å²) >= 11 is 1.28. The standard InChI is InChI=1S/C17H14N4O3S/c22-16(20-17-18-8-9-25-17)14-10-13(21(23)24)6-7-15(14)19-11-12-4-2-1-3-5-12/h1-10,19H,11H2,(H,18,20,22). The van der Waals surface area contributed by atoms with E-state index in [2.05, 4.69) is 15.6 Å². The molecule has 1 amide bonds. The third-order valence-corrected chi connectivity index (χ3v) is 4.13. The van der Waals surface area contributed by atoms with E-state index in [-0.39, 0.29) is 11.3 Å². The minimum atomic E-state index is -0.527. The second kappa shape index (κ2) is 7.54. The fourth-order valence-corrected chi connectivity index (χ4v) is 2.75. The maximum atomic E-state index is 12.5. The molecule has 25 heavy (non-hydrogen) atoms. The highest BCUT2D eigenvalue weighted by Crippen LogP contribution is 2.24. The van der Waals surface area contributed by atoms with Gasteiger partial charge in [-0.1, -0.05) is 30.3 Å². The Labute approximate surface area is 147 Å². The highest BCUT2D eigenvalue weighted by atomic mass is 32.1. The molecule has 8 heteroatoms.